The maximum atomic E-state index is 11.1. The molecule has 3 rings (SSSR count). The molecular formula is C22H30O4. The third kappa shape index (κ3) is 4.18. The smallest absolute Gasteiger partial charge is 0.305 e. The van der Waals surface area contributed by atoms with Crippen LogP contribution in [-0.4, -0.2) is 37.5 Å². The third-order valence-electron chi connectivity index (χ3n) is 6.12. The fraction of sp³-hybridized carbons (Fsp3) is 0.591. The van der Waals surface area contributed by atoms with E-state index in [0.29, 0.717) is 12.3 Å². The lowest BCUT2D eigenvalue weighted by Crippen LogP contribution is -2.39. The van der Waals surface area contributed by atoms with E-state index >= 15 is 0 Å². The monoisotopic (exact) mass is 358 g/mol. The van der Waals surface area contributed by atoms with Crippen LogP contribution in [0.1, 0.15) is 37.7 Å². The predicted octanol–water partition coefficient (Wildman–Crippen LogP) is 3.53. The molecule has 1 aliphatic carbocycles. The Morgan fingerprint density at radius 3 is 2.88 bits per heavy atom. The molecule has 4 heteroatoms. The van der Waals surface area contributed by atoms with Gasteiger partial charge in [-0.15, -0.1) is 0 Å². The van der Waals surface area contributed by atoms with Crippen LogP contribution < -0.4 is 0 Å². The Bertz CT molecular complexity index is 612. The molecule has 142 valence electrons. The molecule has 4 atom stereocenters. The van der Waals surface area contributed by atoms with Gasteiger partial charge in [0.05, 0.1) is 19.8 Å². The number of benzene rings is 1. The molecular weight excluding hydrogens is 328 g/mol. The Balaban J connectivity index is 1.60. The molecule has 4 nitrogen and oxygen atoms in total. The van der Waals surface area contributed by atoms with Crippen molar-refractivity contribution in [1.82, 2.24) is 0 Å². The molecule has 0 aromatic heterocycles. The van der Waals surface area contributed by atoms with Gasteiger partial charge in [0.1, 0.15) is 0 Å². The fourth-order valence-corrected chi connectivity index (χ4v) is 4.79. The molecule has 0 radical (unpaired) electrons. The van der Waals surface area contributed by atoms with Gasteiger partial charge in [0.2, 0.25) is 0 Å². The zero-order valence-corrected chi connectivity index (χ0v) is 15.6. The first-order valence-electron chi connectivity index (χ1n) is 9.67. The van der Waals surface area contributed by atoms with Gasteiger partial charge in [-0.2, -0.15) is 0 Å². The maximum Gasteiger partial charge on any atom is 0.305 e. The molecule has 26 heavy (non-hydrogen) atoms. The van der Waals surface area contributed by atoms with Crippen LogP contribution in [-0.2, 0) is 20.7 Å². The van der Waals surface area contributed by atoms with Gasteiger partial charge in [0.15, 0.2) is 0 Å². The summed E-state index contributed by atoms with van der Waals surface area (Å²) in [5.74, 6) is 0.529. The Morgan fingerprint density at radius 1 is 1.35 bits per heavy atom. The van der Waals surface area contributed by atoms with Gasteiger partial charge < -0.3 is 14.6 Å². The number of aliphatic hydroxyl groups is 1. The molecule has 1 aromatic rings. The standard InChI is InChI=1S/C22H30O4/c1-25-21(24)12-8-3-2-7-11-19-18(15-23)20-14-22(19,16-26-20)13-17-9-5-4-6-10-17/h2,4-7,9-10,18-20,23H,3,8,11-16H2,1H3/t18-,19-,20-,22-/m1/s1. The van der Waals surface area contributed by atoms with Crippen LogP contribution in [0.15, 0.2) is 42.5 Å². The minimum Gasteiger partial charge on any atom is -0.469 e. The zero-order valence-electron chi connectivity index (χ0n) is 15.6. The van der Waals surface area contributed by atoms with Gasteiger partial charge in [-0.25, -0.2) is 0 Å². The van der Waals surface area contributed by atoms with Crippen LogP contribution in [0.4, 0.5) is 0 Å². The molecule has 0 amide bonds. The summed E-state index contributed by atoms with van der Waals surface area (Å²) in [5.41, 5.74) is 1.48. The van der Waals surface area contributed by atoms with Crippen LogP contribution >= 0.6 is 0 Å². The summed E-state index contributed by atoms with van der Waals surface area (Å²) < 4.78 is 10.7. The van der Waals surface area contributed by atoms with E-state index in [1.54, 1.807) is 0 Å². The number of ether oxygens (including phenoxy) is 2. The summed E-state index contributed by atoms with van der Waals surface area (Å²) in [7, 11) is 1.43. The van der Waals surface area contributed by atoms with Gasteiger partial charge in [-0.05, 0) is 43.6 Å². The number of esters is 1. The van der Waals surface area contributed by atoms with E-state index in [1.807, 2.05) is 0 Å². The van der Waals surface area contributed by atoms with E-state index < -0.39 is 0 Å². The molecule has 2 bridgehead atoms. The van der Waals surface area contributed by atoms with Crippen molar-refractivity contribution >= 4 is 5.97 Å². The van der Waals surface area contributed by atoms with Crippen molar-refractivity contribution in [3.8, 4) is 0 Å². The van der Waals surface area contributed by atoms with Gasteiger partial charge in [-0.3, -0.25) is 4.79 Å². The van der Waals surface area contributed by atoms with E-state index in [-0.39, 0.29) is 30.0 Å². The third-order valence-corrected chi connectivity index (χ3v) is 6.12. The average Bonchev–Trinajstić information content (AvgIpc) is 3.20. The summed E-state index contributed by atoms with van der Waals surface area (Å²) in [5, 5.41) is 9.91. The van der Waals surface area contributed by atoms with Crippen molar-refractivity contribution in [3.63, 3.8) is 0 Å². The highest BCUT2D eigenvalue weighted by Crippen LogP contribution is 2.56. The van der Waals surface area contributed by atoms with Crippen LogP contribution in [0.3, 0.4) is 0 Å². The zero-order chi connectivity index (χ0) is 18.4. The van der Waals surface area contributed by atoms with Gasteiger partial charge in [0.25, 0.3) is 0 Å². The van der Waals surface area contributed by atoms with E-state index in [9.17, 15) is 9.90 Å². The molecule has 0 spiro atoms. The highest BCUT2D eigenvalue weighted by Gasteiger charge is 2.57. The van der Waals surface area contributed by atoms with Crippen LogP contribution in [0.5, 0.6) is 0 Å². The number of carbonyl (C=O) groups excluding carboxylic acids is 1. The van der Waals surface area contributed by atoms with Gasteiger partial charge in [0, 0.05) is 24.4 Å². The van der Waals surface area contributed by atoms with Crippen LogP contribution in [0, 0.1) is 17.3 Å². The second kappa shape index (κ2) is 8.83. The minimum atomic E-state index is -0.147. The second-order valence-electron chi connectivity index (χ2n) is 7.71. The first-order chi connectivity index (χ1) is 12.7. The van der Waals surface area contributed by atoms with Gasteiger partial charge >= 0.3 is 5.97 Å². The van der Waals surface area contributed by atoms with Crippen molar-refractivity contribution in [2.75, 3.05) is 20.3 Å². The SMILES string of the molecule is COC(=O)CCCC=CC[C@@H]1[C@@H](CO)[C@H]2C[C@]1(Cc1ccccc1)CO2. The Kier molecular flexibility index (Phi) is 6.49. The van der Waals surface area contributed by atoms with Crippen molar-refractivity contribution in [2.24, 2.45) is 17.3 Å². The topological polar surface area (TPSA) is 55.8 Å². The lowest BCUT2D eigenvalue weighted by molar-refractivity contribution is -0.140. The Morgan fingerprint density at radius 2 is 2.15 bits per heavy atom. The van der Waals surface area contributed by atoms with Gasteiger partial charge in [-0.1, -0.05) is 42.5 Å². The van der Waals surface area contributed by atoms with E-state index in [1.165, 1.54) is 12.7 Å². The molecule has 1 N–H and O–H groups in total. The normalized spacial score (nSPS) is 30.2. The molecule has 1 aliphatic heterocycles. The average molecular weight is 358 g/mol. The lowest BCUT2D eigenvalue weighted by Gasteiger charge is -2.38. The maximum absolute atomic E-state index is 11.1. The summed E-state index contributed by atoms with van der Waals surface area (Å²) in [6.07, 6.45) is 9.80. The fourth-order valence-electron chi connectivity index (χ4n) is 4.79. The number of rotatable bonds is 9. The Hall–Kier alpha value is -1.65. The largest absolute Gasteiger partial charge is 0.469 e. The molecule has 0 unspecified atom stereocenters. The first kappa shape index (κ1) is 19.1. The number of unbranched alkanes of at least 4 members (excludes halogenated alkanes) is 1. The highest BCUT2D eigenvalue weighted by atomic mass is 16.5. The van der Waals surface area contributed by atoms with E-state index in [4.69, 9.17) is 4.74 Å². The summed E-state index contributed by atoms with van der Waals surface area (Å²) in [4.78, 5) is 11.1. The summed E-state index contributed by atoms with van der Waals surface area (Å²) in [6, 6.07) is 10.6. The minimum absolute atomic E-state index is 0.135. The predicted molar refractivity (Wildman–Crippen MR) is 101 cm³/mol. The second-order valence-corrected chi connectivity index (χ2v) is 7.71. The summed E-state index contributed by atoms with van der Waals surface area (Å²) >= 11 is 0. The van der Waals surface area contributed by atoms with Crippen molar-refractivity contribution in [1.29, 1.82) is 0 Å². The quantitative estimate of drug-likeness (QED) is 0.417. The number of fused-ring (bicyclic) bond motifs is 2. The molecule has 1 heterocycles. The lowest BCUT2D eigenvalue weighted by atomic mass is 9.70. The van der Waals surface area contributed by atoms with E-state index in [2.05, 4.69) is 47.2 Å². The molecule has 2 fully saturated rings. The first-order valence-corrected chi connectivity index (χ1v) is 9.67. The number of allylic oxidation sites excluding steroid dienone is 2. The number of hydrogen-bond acceptors (Lipinski definition) is 4. The van der Waals surface area contributed by atoms with Crippen molar-refractivity contribution < 1.29 is 19.4 Å². The van der Waals surface area contributed by atoms with Crippen LogP contribution in [0.2, 0.25) is 0 Å². The molecule has 1 aromatic carbocycles. The van der Waals surface area contributed by atoms with E-state index in [0.717, 1.165) is 38.7 Å². The molecule has 2 aliphatic rings. The molecule has 1 saturated heterocycles. The van der Waals surface area contributed by atoms with Crippen molar-refractivity contribution in [3.05, 3.63) is 48.0 Å². The highest BCUT2D eigenvalue weighted by molar-refractivity contribution is 5.69. The number of aliphatic hydroxyl groups excluding tert-OH is 1. The van der Waals surface area contributed by atoms with Crippen molar-refractivity contribution in [2.45, 2.75) is 44.6 Å². The number of carbonyl (C=O) groups is 1. The summed E-state index contributed by atoms with van der Waals surface area (Å²) in [6.45, 7) is 0.992. The Labute approximate surface area is 156 Å². The van der Waals surface area contributed by atoms with Crippen LogP contribution in [0.25, 0.3) is 0 Å². The number of methoxy groups -OCH3 is 1. The molecule has 1 saturated carbocycles. The number of hydrogen-bond donors (Lipinski definition) is 1.